The van der Waals surface area contributed by atoms with Crippen LogP contribution in [-0.2, 0) is 12.7 Å². The molecule has 0 fully saturated rings. The van der Waals surface area contributed by atoms with E-state index in [0.717, 1.165) is 12.1 Å². The number of carbonyl (C=O) groups is 1. The van der Waals surface area contributed by atoms with Gasteiger partial charge in [0.15, 0.2) is 0 Å². The summed E-state index contributed by atoms with van der Waals surface area (Å²) < 4.78 is 53.1. The molecule has 3 aromatic rings. The van der Waals surface area contributed by atoms with Gasteiger partial charge >= 0.3 is 6.18 Å². The van der Waals surface area contributed by atoms with Crippen LogP contribution in [0, 0.1) is 19.7 Å². The Morgan fingerprint density at radius 3 is 2.43 bits per heavy atom. The summed E-state index contributed by atoms with van der Waals surface area (Å²) in [5, 5.41) is 6.95. The van der Waals surface area contributed by atoms with Gasteiger partial charge in [-0.3, -0.25) is 4.79 Å². The zero-order valence-electron chi connectivity index (χ0n) is 15.1. The van der Waals surface area contributed by atoms with Gasteiger partial charge in [-0.05, 0) is 55.8 Å². The van der Waals surface area contributed by atoms with Crippen LogP contribution in [0.4, 0.5) is 17.6 Å². The first-order chi connectivity index (χ1) is 13.2. The van der Waals surface area contributed by atoms with Crippen LogP contribution in [0.15, 0.2) is 48.5 Å². The summed E-state index contributed by atoms with van der Waals surface area (Å²) in [6.07, 6.45) is -4.44. The van der Waals surface area contributed by atoms with Gasteiger partial charge in [-0.15, -0.1) is 0 Å². The molecule has 0 saturated carbocycles. The summed E-state index contributed by atoms with van der Waals surface area (Å²) in [6, 6.07) is 10.5. The van der Waals surface area contributed by atoms with E-state index in [2.05, 4.69) is 10.4 Å². The Balaban J connectivity index is 1.79. The number of aryl methyl sites for hydroxylation is 1. The van der Waals surface area contributed by atoms with Crippen molar-refractivity contribution < 1.29 is 22.4 Å². The number of nitrogens with one attached hydrogen (secondary N) is 1. The quantitative estimate of drug-likeness (QED) is 0.662. The number of alkyl halides is 3. The van der Waals surface area contributed by atoms with Gasteiger partial charge in [0, 0.05) is 6.54 Å². The Morgan fingerprint density at radius 2 is 1.79 bits per heavy atom. The van der Waals surface area contributed by atoms with Gasteiger partial charge in [0.25, 0.3) is 5.91 Å². The molecular formula is C20H17F4N3O. The molecule has 1 N–H and O–H groups in total. The Kier molecular flexibility index (Phi) is 5.22. The van der Waals surface area contributed by atoms with Crippen molar-refractivity contribution in [3.05, 3.63) is 82.4 Å². The van der Waals surface area contributed by atoms with Crippen molar-refractivity contribution in [1.29, 1.82) is 0 Å². The number of halogens is 4. The van der Waals surface area contributed by atoms with Crippen LogP contribution in [0.2, 0.25) is 0 Å². The second kappa shape index (κ2) is 7.46. The summed E-state index contributed by atoms with van der Waals surface area (Å²) in [5.41, 5.74) is 1.50. The standard InChI is InChI=1S/C20H17F4N3O/c1-12-18(13(2)27(26-12)17-8-6-16(21)7-9-17)19(28)25-11-14-4-3-5-15(10-14)20(22,23)24/h3-10H,11H2,1-2H3,(H,25,28). The van der Waals surface area contributed by atoms with Gasteiger partial charge in [0.2, 0.25) is 0 Å². The van der Waals surface area contributed by atoms with Gasteiger partial charge in [-0.25, -0.2) is 9.07 Å². The topological polar surface area (TPSA) is 46.9 Å². The van der Waals surface area contributed by atoms with Crippen LogP contribution in [0.25, 0.3) is 5.69 Å². The lowest BCUT2D eigenvalue weighted by atomic mass is 10.1. The maximum Gasteiger partial charge on any atom is 0.416 e. The molecule has 0 bridgehead atoms. The second-order valence-electron chi connectivity index (χ2n) is 6.31. The van der Waals surface area contributed by atoms with Crippen LogP contribution >= 0.6 is 0 Å². The van der Waals surface area contributed by atoms with Crippen LogP contribution < -0.4 is 5.32 Å². The average molecular weight is 391 g/mol. The van der Waals surface area contributed by atoms with Crippen LogP contribution in [0.1, 0.15) is 32.9 Å². The van der Waals surface area contributed by atoms with Crippen LogP contribution in [0.5, 0.6) is 0 Å². The minimum atomic E-state index is -4.44. The van der Waals surface area contributed by atoms with E-state index in [4.69, 9.17) is 0 Å². The van der Waals surface area contributed by atoms with Gasteiger partial charge < -0.3 is 5.32 Å². The number of rotatable bonds is 4. The van der Waals surface area contributed by atoms with Crippen molar-refractivity contribution in [2.75, 3.05) is 0 Å². The largest absolute Gasteiger partial charge is 0.416 e. The minimum Gasteiger partial charge on any atom is -0.348 e. The lowest BCUT2D eigenvalue weighted by Gasteiger charge is -2.10. The summed E-state index contributed by atoms with van der Waals surface area (Å²) in [7, 11) is 0. The van der Waals surface area contributed by atoms with Crippen molar-refractivity contribution in [2.24, 2.45) is 0 Å². The number of aromatic nitrogens is 2. The fourth-order valence-corrected chi connectivity index (χ4v) is 2.93. The predicted octanol–water partition coefficient (Wildman–Crippen LogP) is 4.58. The molecule has 146 valence electrons. The number of hydrogen-bond donors (Lipinski definition) is 1. The van der Waals surface area contributed by atoms with E-state index in [1.807, 2.05) is 0 Å². The fraction of sp³-hybridized carbons (Fsp3) is 0.200. The van der Waals surface area contributed by atoms with Crippen molar-refractivity contribution in [3.8, 4) is 5.69 Å². The molecule has 1 aromatic heterocycles. The zero-order chi connectivity index (χ0) is 20.5. The SMILES string of the molecule is Cc1nn(-c2ccc(F)cc2)c(C)c1C(=O)NCc1cccc(C(F)(F)F)c1. The predicted molar refractivity (Wildman–Crippen MR) is 95.6 cm³/mol. The van der Waals surface area contributed by atoms with E-state index in [-0.39, 0.29) is 12.4 Å². The second-order valence-corrected chi connectivity index (χ2v) is 6.31. The molecular weight excluding hydrogens is 374 g/mol. The highest BCUT2D eigenvalue weighted by atomic mass is 19.4. The van der Waals surface area contributed by atoms with Gasteiger partial charge in [0.05, 0.1) is 28.2 Å². The summed E-state index contributed by atoms with van der Waals surface area (Å²) in [6.45, 7) is 3.30. The molecule has 1 heterocycles. The fourth-order valence-electron chi connectivity index (χ4n) is 2.93. The first-order valence-corrected chi connectivity index (χ1v) is 8.43. The number of amides is 1. The molecule has 0 atom stereocenters. The van der Waals surface area contributed by atoms with Crippen LogP contribution in [0.3, 0.4) is 0 Å². The third-order valence-corrected chi connectivity index (χ3v) is 4.30. The molecule has 28 heavy (non-hydrogen) atoms. The number of benzene rings is 2. The zero-order valence-corrected chi connectivity index (χ0v) is 15.1. The van der Waals surface area contributed by atoms with Crippen molar-refractivity contribution in [3.63, 3.8) is 0 Å². The lowest BCUT2D eigenvalue weighted by molar-refractivity contribution is -0.137. The molecule has 2 aromatic carbocycles. The highest BCUT2D eigenvalue weighted by molar-refractivity contribution is 5.96. The Morgan fingerprint density at radius 1 is 1.11 bits per heavy atom. The maximum atomic E-state index is 13.1. The molecule has 4 nitrogen and oxygen atoms in total. The van der Waals surface area contributed by atoms with E-state index in [1.165, 1.54) is 28.9 Å². The molecule has 0 aliphatic rings. The Bertz CT molecular complexity index is 1010. The van der Waals surface area contributed by atoms with Crippen molar-refractivity contribution >= 4 is 5.91 Å². The summed E-state index contributed by atoms with van der Waals surface area (Å²) in [5.74, 6) is -0.829. The molecule has 8 heteroatoms. The molecule has 0 saturated heterocycles. The monoisotopic (exact) mass is 391 g/mol. The first kappa shape index (κ1) is 19.6. The third kappa shape index (κ3) is 4.05. The Hall–Kier alpha value is -3.16. The van der Waals surface area contributed by atoms with E-state index in [0.29, 0.717) is 28.2 Å². The van der Waals surface area contributed by atoms with Crippen molar-refractivity contribution in [2.45, 2.75) is 26.6 Å². The molecule has 0 radical (unpaired) electrons. The molecule has 0 spiro atoms. The average Bonchev–Trinajstić information content (AvgIpc) is 2.94. The van der Waals surface area contributed by atoms with Crippen LogP contribution in [-0.4, -0.2) is 15.7 Å². The summed E-state index contributed by atoms with van der Waals surface area (Å²) >= 11 is 0. The van der Waals surface area contributed by atoms with E-state index in [9.17, 15) is 22.4 Å². The Labute approximate surface area is 158 Å². The molecule has 1 amide bonds. The maximum absolute atomic E-state index is 13.1. The third-order valence-electron chi connectivity index (χ3n) is 4.30. The van der Waals surface area contributed by atoms with Gasteiger partial charge in [-0.2, -0.15) is 18.3 Å². The molecule has 3 rings (SSSR count). The first-order valence-electron chi connectivity index (χ1n) is 8.43. The van der Waals surface area contributed by atoms with Gasteiger partial charge in [0.1, 0.15) is 5.82 Å². The van der Waals surface area contributed by atoms with E-state index in [1.54, 1.807) is 26.0 Å². The van der Waals surface area contributed by atoms with E-state index < -0.39 is 17.6 Å². The normalized spacial score (nSPS) is 11.5. The smallest absolute Gasteiger partial charge is 0.348 e. The number of carbonyl (C=O) groups excluding carboxylic acids is 1. The number of hydrogen-bond acceptors (Lipinski definition) is 2. The molecule has 0 aliphatic carbocycles. The van der Waals surface area contributed by atoms with Gasteiger partial charge in [-0.1, -0.05) is 12.1 Å². The highest BCUT2D eigenvalue weighted by Gasteiger charge is 2.30. The summed E-state index contributed by atoms with van der Waals surface area (Å²) in [4.78, 5) is 12.6. The number of nitrogens with zero attached hydrogens (tertiary/aromatic N) is 2. The van der Waals surface area contributed by atoms with E-state index >= 15 is 0 Å². The highest BCUT2D eigenvalue weighted by Crippen LogP contribution is 2.29. The lowest BCUT2D eigenvalue weighted by Crippen LogP contribution is -2.24. The molecule has 0 unspecified atom stereocenters. The van der Waals surface area contributed by atoms with Crippen molar-refractivity contribution in [1.82, 2.24) is 15.1 Å². The molecule has 0 aliphatic heterocycles. The minimum absolute atomic E-state index is 0.0522.